The topological polar surface area (TPSA) is 68.5 Å². The van der Waals surface area contributed by atoms with Gasteiger partial charge in [-0.15, -0.1) is 0 Å². The Kier molecular flexibility index (Phi) is 5.42. The highest BCUT2D eigenvalue weighted by molar-refractivity contribution is 7.90. The Hall–Kier alpha value is -2.85. The number of benzene rings is 2. The van der Waals surface area contributed by atoms with Crippen molar-refractivity contribution in [3.8, 4) is 17.0 Å². The second kappa shape index (κ2) is 7.53. The number of hydrogen-bond donors (Lipinski definition) is 1. The van der Waals surface area contributed by atoms with Gasteiger partial charge in [0.1, 0.15) is 11.5 Å². The van der Waals surface area contributed by atoms with Crippen LogP contribution in [0.15, 0.2) is 59.6 Å². The quantitative estimate of drug-likeness (QED) is 0.622. The van der Waals surface area contributed by atoms with Crippen molar-refractivity contribution in [3.05, 3.63) is 71.7 Å². The smallest absolute Gasteiger partial charge is 0.416 e. The van der Waals surface area contributed by atoms with Crippen molar-refractivity contribution >= 4 is 10.0 Å². The molecule has 0 saturated carbocycles. The maximum Gasteiger partial charge on any atom is 0.416 e. The molecule has 0 bridgehead atoms. The van der Waals surface area contributed by atoms with Crippen LogP contribution in [0.1, 0.15) is 11.1 Å². The summed E-state index contributed by atoms with van der Waals surface area (Å²) >= 11 is 0. The van der Waals surface area contributed by atoms with Crippen molar-refractivity contribution in [2.45, 2.75) is 17.7 Å². The van der Waals surface area contributed by atoms with Crippen molar-refractivity contribution in [2.75, 3.05) is 7.11 Å². The van der Waals surface area contributed by atoms with E-state index in [1.165, 1.54) is 25.3 Å². The largest absolute Gasteiger partial charge is 0.494 e. The Morgan fingerprint density at radius 2 is 1.79 bits per heavy atom. The van der Waals surface area contributed by atoms with Gasteiger partial charge in [-0.3, -0.25) is 0 Å². The highest BCUT2D eigenvalue weighted by Crippen LogP contribution is 2.39. The van der Waals surface area contributed by atoms with E-state index in [-0.39, 0.29) is 22.6 Å². The zero-order chi connectivity index (χ0) is 21.4. The molecule has 0 saturated heterocycles. The summed E-state index contributed by atoms with van der Waals surface area (Å²) in [4.78, 5) is -0.646. The molecule has 3 aromatic rings. The average Bonchev–Trinajstić information content (AvgIpc) is 3.07. The molecule has 29 heavy (non-hydrogen) atoms. The highest BCUT2D eigenvalue weighted by Gasteiger charge is 2.33. The number of ether oxygens (including phenoxy) is 1. The van der Waals surface area contributed by atoms with Crippen LogP contribution in [0, 0.1) is 5.82 Å². The van der Waals surface area contributed by atoms with Gasteiger partial charge in [0, 0.05) is 17.3 Å². The van der Waals surface area contributed by atoms with Gasteiger partial charge >= 0.3 is 6.18 Å². The van der Waals surface area contributed by atoms with Gasteiger partial charge in [0.25, 0.3) is 10.0 Å². The summed E-state index contributed by atoms with van der Waals surface area (Å²) < 4.78 is 85.6. The molecule has 0 unspecified atom stereocenters. The lowest BCUT2D eigenvalue weighted by molar-refractivity contribution is -0.137. The molecule has 1 N–H and O–H groups in total. The van der Waals surface area contributed by atoms with Crippen LogP contribution in [-0.2, 0) is 22.8 Å². The lowest BCUT2D eigenvalue weighted by Gasteiger charge is -2.14. The number of aliphatic hydroxyl groups is 1. The molecule has 0 atom stereocenters. The third-order valence-corrected chi connectivity index (χ3v) is 5.88. The van der Waals surface area contributed by atoms with Gasteiger partial charge in [0.2, 0.25) is 0 Å². The van der Waals surface area contributed by atoms with Crippen molar-refractivity contribution < 1.29 is 35.8 Å². The zero-order valence-corrected chi connectivity index (χ0v) is 15.8. The second-order valence-corrected chi connectivity index (χ2v) is 7.82. The van der Waals surface area contributed by atoms with E-state index < -0.39 is 39.1 Å². The minimum Gasteiger partial charge on any atom is -0.494 e. The molecule has 10 heteroatoms. The average molecular weight is 429 g/mol. The molecule has 1 aromatic heterocycles. The second-order valence-electron chi connectivity index (χ2n) is 6.00. The molecule has 1 heterocycles. The van der Waals surface area contributed by atoms with E-state index in [0.29, 0.717) is 10.0 Å². The molecule has 0 amide bonds. The van der Waals surface area contributed by atoms with E-state index >= 15 is 0 Å². The minimum atomic E-state index is -4.75. The summed E-state index contributed by atoms with van der Waals surface area (Å²) in [5.41, 5.74) is -1.51. The zero-order valence-electron chi connectivity index (χ0n) is 14.9. The Morgan fingerprint density at radius 3 is 2.38 bits per heavy atom. The van der Waals surface area contributed by atoms with Gasteiger partial charge in [-0.1, -0.05) is 18.2 Å². The van der Waals surface area contributed by atoms with Gasteiger partial charge < -0.3 is 9.84 Å². The van der Waals surface area contributed by atoms with Crippen LogP contribution < -0.4 is 4.74 Å². The molecule has 3 rings (SSSR count). The lowest BCUT2D eigenvalue weighted by Crippen LogP contribution is -2.15. The van der Waals surface area contributed by atoms with Crippen molar-refractivity contribution in [1.82, 2.24) is 3.97 Å². The molecule has 0 aliphatic rings. The Bertz CT molecular complexity index is 1150. The van der Waals surface area contributed by atoms with E-state index in [1.54, 1.807) is 0 Å². The molecule has 0 aliphatic heterocycles. The monoisotopic (exact) mass is 429 g/mol. The number of alkyl halides is 3. The summed E-state index contributed by atoms with van der Waals surface area (Å²) in [6.07, 6.45) is -3.75. The Labute approximate surface area is 163 Å². The fourth-order valence-corrected chi connectivity index (χ4v) is 4.33. The molecular formula is C19H15F4NO4S. The van der Waals surface area contributed by atoms with Crippen LogP contribution in [0.25, 0.3) is 11.3 Å². The third kappa shape index (κ3) is 3.73. The number of aliphatic hydroxyl groups excluding tert-OH is 1. The van der Waals surface area contributed by atoms with Gasteiger partial charge in [-0.25, -0.2) is 16.8 Å². The first-order chi connectivity index (χ1) is 13.6. The number of rotatable bonds is 5. The normalized spacial score (nSPS) is 12.2. The van der Waals surface area contributed by atoms with Crippen LogP contribution in [0.3, 0.4) is 0 Å². The lowest BCUT2D eigenvalue weighted by atomic mass is 10.1. The number of nitrogens with zero attached hydrogens (tertiary/aromatic N) is 1. The Morgan fingerprint density at radius 1 is 1.10 bits per heavy atom. The Balaban J connectivity index is 2.31. The van der Waals surface area contributed by atoms with E-state index in [1.807, 2.05) is 0 Å². The summed E-state index contributed by atoms with van der Waals surface area (Å²) in [5, 5.41) is 9.56. The van der Waals surface area contributed by atoms with Crippen LogP contribution in [0.4, 0.5) is 17.6 Å². The number of hydrogen-bond acceptors (Lipinski definition) is 4. The highest BCUT2D eigenvalue weighted by atomic mass is 32.2. The maximum atomic E-state index is 14.4. The van der Waals surface area contributed by atoms with E-state index in [0.717, 1.165) is 30.5 Å². The fourth-order valence-electron chi connectivity index (χ4n) is 2.89. The fraction of sp³-hybridized carbons (Fsp3) is 0.158. The van der Waals surface area contributed by atoms with Crippen molar-refractivity contribution in [2.24, 2.45) is 0 Å². The third-order valence-electron chi connectivity index (χ3n) is 4.22. The first-order valence-corrected chi connectivity index (χ1v) is 9.62. The number of aromatic nitrogens is 1. The molecular weight excluding hydrogens is 414 g/mol. The summed E-state index contributed by atoms with van der Waals surface area (Å²) in [5.74, 6) is -0.873. The van der Waals surface area contributed by atoms with Crippen LogP contribution >= 0.6 is 0 Å². The van der Waals surface area contributed by atoms with Gasteiger partial charge in [0.15, 0.2) is 5.75 Å². The SMILES string of the molecule is COc1c(CO)cn(S(=O)(=O)c2cccc(C(F)(F)F)c2)c1-c1ccccc1F. The molecule has 2 aromatic carbocycles. The molecule has 0 aliphatic carbocycles. The summed E-state index contributed by atoms with van der Waals surface area (Å²) in [7, 11) is -3.37. The van der Waals surface area contributed by atoms with Crippen LogP contribution in [0.5, 0.6) is 5.75 Å². The predicted molar refractivity (Wildman–Crippen MR) is 96.3 cm³/mol. The molecule has 5 nitrogen and oxygen atoms in total. The molecule has 0 spiro atoms. The predicted octanol–water partition coefficient (Wildman–Crippen LogP) is 4.05. The van der Waals surface area contributed by atoms with E-state index in [2.05, 4.69) is 0 Å². The number of methoxy groups -OCH3 is 1. The maximum absolute atomic E-state index is 14.4. The molecule has 154 valence electrons. The van der Waals surface area contributed by atoms with Gasteiger partial charge in [-0.05, 0) is 30.3 Å². The first-order valence-electron chi connectivity index (χ1n) is 8.18. The van der Waals surface area contributed by atoms with Crippen molar-refractivity contribution in [3.63, 3.8) is 0 Å². The molecule has 0 fully saturated rings. The standard InChI is InChI=1S/C19H15F4NO4S/c1-28-18-12(11-25)10-24(17(18)15-7-2-3-8-16(15)20)29(26,27)14-6-4-5-13(9-14)19(21,22)23/h2-10,25H,11H2,1H3. The first kappa shape index (κ1) is 20.9. The van der Waals surface area contributed by atoms with Gasteiger partial charge in [0.05, 0.1) is 24.2 Å². The summed E-state index contributed by atoms with van der Waals surface area (Å²) in [6.45, 7) is -0.629. The van der Waals surface area contributed by atoms with E-state index in [9.17, 15) is 31.1 Å². The minimum absolute atomic E-state index is 0.0290. The number of halogens is 4. The summed E-state index contributed by atoms with van der Waals surface area (Å²) in [6, 6.07) is 8.45. The van der Waals surface area contributed by atoms with Crippen LogP contribution in [0.2, 0.25) is 0 Å². The molecule has 0 radical (unpaired) electrons. The van der Waals surface area contributed by atoms with Gasteiger partial charge in [-0.2, -0.15) is 13.2 Å². The van der Waals surface area contributed by atoms with Crippen LogP contribution in [-0.4, -0.2) is 24.6 Å². The van der Waals surface area contributed by atoms with E-state index in [4.69, 9.17) is 4.74 Å². The van der Waals surface area contributed by atoms with Crippen molar-refractivity contribution in [1.29, 1.82) is 0 Å².